The van der Waals surface area contributed by atoms with E-state index >= 15 is 0 Å². The van der Waals surface area contributed by atoms with Gasteiger partial charge < -0.3 is 0 Å². The fraction of sp³-hybridized carbons (Fsp3) is 0. The highest BCUT2D eigenvalue weighted by atomic mass is 35.5. The van der Waals surface area contributed by atoms with E-state index in [0.717, 1.165) is 33.7 Å². The summed E-state index contributed by atoms with van der Waals surface area (Å²) in [6, 6.07) is 20.0. The molecule has 0 aromatic heterocycles. The monoisotopic (exact) mass is 334 g/mol. The summed E-state index contributed by atoms with van der Waals surface area (Å²) in [7, 11) is 0. The molecule has 0 heterocycles. The molecule has 0 aliphatic heterocycles. The van der Waals surface area contributed by atoms with Crippen LogP contribution in [-0.4, -0.2) is 10.6 Å². The molecule has 0 amide bonds. The van der Waals surface area contributed by atoms with Gasteiger partial charge in [0.1, 0.15) is 0 Å². The van der Waals surface area contributed by atoms with Gasteiger partial charge in [-0.1, -0.05) is 35.9 Å². The minimum absolute atomic E-state index is 0.0605. The smallest absolute Gasteiger partial charge is 0.258 e. The number of benzene rings is 3. The van der Waals surface area contributed by atoms with Gasteiger partial charge in [0.05, 0.1) is 16.3 Å². The van der Waals surface area contributed by atoms with Gasteiger partial charge in [-0.25, -0.2) is 4.99 Å². The van der Waals surface area contributed by atoms with Crippen molar-refractivity contribution in [1.82, 2.24) is 0 Å². The first kappa shape index (κ1) is 14.6. The predicted octanol–water partition coefficient (Wildman–Crippen LogP) is 5.40. The molecule has 4 nitrogen and oxygen atoms in total. The standard InChI is InChI=1S/C19H11ClN2O2/c20-12-5-7-13(8-6-12)21-19-17-4-2-1-3-15(17)16-10-9-14(22(23)24)11-18(16)19/h1-11H/b21-19+. The average Bonchev–Trinajstić information content (AvgIpc) is 2.90. The zero-order chi connectivity index (χ0) is 16.7. The molecule has 0 bridgehead atoms. The number of hydrogen-bond donors (Lipinski definition) is 0. The molecule has 5 heteroatoms. The summed E-state index contributed by atoms with van der Waals surface area (Å²) in [5, 5.41) is 11.8. The van der Waals surface area contributed by atoms with Crippen LogP contribution in [-0.2, 0) is 0 Å². The largest absolute Gasteiger partial charge is 0.270 e. The Kier molecular flexibility index (Phi) is 3.40. The zero-order valence-corrected chi connectivity index (χ0v) is 13.2. The Morgan fingerprint density at radius 2 is 1.50 bits per heavy atom. The van der Waals surface area contributed by atoms with Gasteiger partial charge in [0.2, 0.25) is 0 Å². The second-order valence-corrected chi connectivity index (χ2v) is 5.91. The normalized spacial score (nSPS) is 13.6. The summed E-state index contributed by atoms with van der Waals surface area (Å²) in [4.78, 5) is 15.5. The molecule has 0 saturated heterocycles. The first-order valence-electron chi connectivity index (χ1n) is 7.36. The molecule has 0 saturated carbocycles. The van der Waals surface area contributed by atoms with Gasteiger partial charge >= 0.3 is 0 Å². The SMILES string of the molecule is O=[N+]([O-])c1ccc2c(c1)/C(=N/c1ccc(Cl)cc1)c1ccccc1-2. The number of non-ortho nitro benzene ring substituents is 1. The van der Waals surface area contributed by atoms with E-state index in [2.05, 4.69) is 0 Å². The van der Waals surface area contributed by atoms with Crippen LogP contribution in [0.3, 0.4) is 0 Å². The highest BCUT2D eigenvalue weighted by molar-refractivity contribution is 6.30. The molecule has 24 heavy (non-hydrogen) atoms. The average molecular weight is 335 g/mol. The molecule has 1 aliphatic rings. The summed E-state index contributed by atoms with van der Waals surface area (Å²) < 4.78 is 0. The molecular weight excluding hydrogens is 324 g/mol. The molecule has 116 valence electrons. The number of fused-ring (bicyclic) bond motifs is 3. The maximum absolute atomic E-state index is 11.1. The lowest BCUT2D eigenvalue weighted by Gasteiger charge is -2.02. The van der Waals surface area contributed by atoms with Crippen LogP contribution >= 0.6 is 11.6 Å². The van der Waals surface area contributed by atoms with Crippen molar-refractivity contribution in [3.05, 3.63) is 93.0 Å². The van der Waals surface area contributed by atoms with Gasteiger partial charge in [0.25, 0.3) is 5.69 Å². The van der Waals surface area contributed by atoms with E-state index < -0.39 is 0 Å². The lowest BCUT2D eigenvalue weighted by molar-refractivity contribution is -0.384. The van der Waals surface area contributed by atoms with Gasteiger partial charge in [0, 0.05) is 28.3 Å². The fourth-order valence-corrected chi connectivity index (χ4v) is 3.04. The number of halogens is 1. The lowest BCUT2D eigenvalue weighted by atomic mass is 10.1. The van der Waals surface area contributed by atoms with E-state index in [1.165, 1.54) is 6.07 Å². The highest BCUT2D eigenvalue weighted by Gasteiger charge is 2.26. The van der Waals surface area contributed by atoms with Gasteiger partial charge in [-0.2, -0.15) is 0 Å². The summed E-state index contributed by atoms with van der Waals surface area (Å²) in [6.45, 7) is 0. The summed E-state index contributed by atoms with van der Waals surface area (Å²) in [5.74, 6) is 0. The molecule has 3 aromatic rings. The molecule has 3 aromatic carbocycles. The molecule has 0 fully saturated rings. The van der Waals surface area contributed by atoms with Crippen molar-refractivity contribution in [2.45, 2.75) is 0 Å². The molecule has 0 unspecified atom stereocenters. The number of nitro groups is 1. The molecule has 0 spiro atoms. The van der Waals surface area contributed by atoms with Crippen molar-refractivity contribution >= 4 is 28.7 Å². The van der Waals surface area contributed by atoms with E-state index in [0.29, 0.717) is 5.02 Å². The van der Waals surface area contributed by atoms with Crippen molar-refractivity contribution in [3.63, 3.8) is 0 Å². The first-order chi connectivity index (χ1) is 11.6. The van der Waals surface area contributed by atoms with Gasteiger partial charge in [-0.15, -0.1) is 0 Å². The molecule has 0 radical (unpaired) electrons. The van der Waals surface area contributed by atoms with E-state index in [-0.39, 0.29) is 10.6 Å². The summed E-state index contributed by atoms with van der Waals surface area (Å²) >= 11 is 5.92. The van der Waals surface area contributed by atoms with Crippen LogP contribution in [0.15, 0.2) is 71.7 Å². The number of nitro benzene ring substituents is 1. The topological polar surface area (TPSA) is 55.5 Å². The molecule has 0 N–H and O–H groups in total. The second-order valence-electron chi connectivity index (χ2n) is 5.47. The third-order valence-corrected chi connectivity index (χ3v) is 4.26. The minimum Gasteiger partial charge on any atom is -0.258 e. The number of nitrogens with zero attached hydrogens (tertiary/aromatic N) is 2. The van der Waals surface area contributed by atoms with E-state index in [1.807, 2.05) is 36.4 Å². The minimum atomic E-state index is -0.386. The first-order valence-corrected chi connectivity index (χ1v) is 7.74. The van der Waals surface area contributed by atoms with E-state index in [9.17, 15) is 10.1 Å². The van der Waals surface area contributed by atoms with Crippen LogP contribution < -0.4 is 0 Å². The summed E-state index contributed by atoms with van der Waals surface area (Å²) in [5.41, 5.74) is 5.31. The van der Waals surface area contributed by atoms with Gasteiger partial charge in [-0.3, -0.25) is 10.1 Å². The van der Waals surface area contributed by atoms with Crippen LogP contribution in [0.25, 0.3) is 11.1 Å². The molecule has 4 rings (SSSR count). The van der Waals surface area contributed by atoms with Crippen LogP contribution in [0.1, 0.15) is 11.1 Å². The summed E-state index contributed by atoms with van der Waals surface area (Å²) in [6.07, 6.45) is 0. The maximum atomic E-state index is 11.1. The predicted molar refractivity (Wildman–Crippen MR) is 95.3 cm³/mol. The lowest BCUT2D eigenvalue weighted by Crippen LogP contribution is -1.98. The maximum Gasteiger partial charge on any atom is 0.270 e. The van der Waals surface area contributed by atoms with Crippen LogP contribution in [0.4, 0.5) is 11.4 Å². The number of aliphatic imine (C=N–C) groups is 1. The third-order valence-electron chi connectivity index (χ3n) is 4.01. The highest BCUT2D eigenvalue weighted by Crippen LogP contribution is 2.39. The van der Waals surface area contributed by atoms with Crippen molar-refractivity contribution in [2.24, 2.45) is 4.99 Å². The number of hydrogen-bond acceptors (Lipinski definition) is 3. The fourth-order valence-electron chi connectivity index (χ4n) is 2.91. The van der Waals surface area contributed by atoms with Crippen LogP contribution in [0.5, 0.6) is 0 Å². The Morgan fingerprint density at radius 1 is 0.833 bits per heavy atom. The number of rotatable bonds is 2. The van der Waals surface area contributed by atoms with Gasteiger partial charge in [-0.05, 0) is 41.5 Å². The van der Waals surface area contributed by atoms with Crippen molar-refractivity contribution in [1.29, 1.82) is 0 Å². The van der Waals surface area contributed by atoms with E-state index in [4.69, 9.17) is 16.6 Å². The molecular formula is C19H11ClN2O2. The second kappa shape index (κ2) is 5.58. The van der Waals surface area contributed by atoms with Crippen LogP contribution in [0, 0.1) is 10.1 Å². The third kappa shape index (κ3) is 2.37. The Bertz CT molecular complexity index is 995. The molecule has 0 atom stereocenters. The van der Waals surface area contributed by atoms with E-state index in [1.54, 1.807) is 24.3 Å². The van der Waals surface area contributed by atoms with Crippen molar-refractivity contribution in [3.8, 4) is 11.1 Å². The Hall–Kier alpha value is -2.98. The Labute approximate surface area is 143 Å². The van der Waals surface area contributed by atoms with Crippen LogP contribution in [0.2, 0.25) is 5.02 Å². The Morgan fingerprint density at radius 3 is 2.21 bits per heavy atom. The van der Waals surface area contributed by atoms with Gasteiger partial charge in [0.15, 0.2) is 0 Å². The Balaban J connectivity index is 1.95. The quantitative estimate of drug-likeness (QED) is 0.364. The van der Waals surface area contributed by atoms with Crippen molar-refractivity contribution < 1.29 is 4.92 Å². The zero-order valence-electron chi connectivity index (χ0n) is 12.4. The molecule has 1 aliphatic carbocycles. The van der Waals surface area contributed by atoms with Crippen molar-refractivity contribution in [2.75, 3.05) is 0 Å².